The highest BCUT2D eigenvalue weighted by atomic mass is 19.1. The molecule has 0 aliphatic heterocycles. The number of benzene rings is 2. The maximum atomic E-state index is 13.3. The Labute approximate surface area is 126 Å². The first kappa shape index (κ1) is 12.9. The van der Waals surface area contributed by atoms with Crippen LogP contribution in [0.25, 0.3) is 16.8 Å². The van der Waals surface area contributed by atoms with E-state index in [0.717, 1.165) is 21.9 Å². The summed E-state index contributed by atoms with van der Waals surface area (Å²) in [5.74, 6) is -0.331. The molecule has 0 amide bonds. The van der Waals surface area contributed by atoms with Gasteiger partial charge >= 0.3 is 0 Å². The molecule has 0 atom stereocenters. The molecule has 0 saturated heterocycles. The Morgan fingerprint density at radius 1 is 1.09 bits per heavy atom. The first-order valence-corrected chi connectivity index (χ1v) is 7.09. The van der Waals surface area contributed by atoms with E-state index in [0.29, 0.717) is 17.6 Å². The lowest BCUT2D eigenvalue weighted by Gasteiger charge is -2.02. The molecule has 3 aromatic rings. The van der Waals surface area contributed by atoms with E-state index in [1.807, 2.05) is 30.3 Å². The van der Waals surface area contributed by atoms with Crippen molar-refractivity contribution in [1.29, 1.82) is 0 Å². The van der Waals surface area contributed by atoms with Crippen LogP contribution >= 0.6 is 0 Å². The first-order valence-electron chi connectivity index (χ1n) is 7.09. The van der Waals surface area contributed by atoms with Gasteiger partial charge in [-0.3, -0.25) is 9.78 Å². The second-order valence-electron chi connectivity index (χ2n) is 5.43. The van der Waals surface area contributed by atoms with Gasteiger partial charge in [-0.2, -0.15) is 0 Å². The van der Waals surface area contributed by atoms with Crippen LogP contribution in [0.15, 0.2) is 60.4 Å². The quantitative estimate of drug-likeness (QED) is 0.628. The lowest BCUT2D eigenvalue weighted by molar-refractivity contribution is 0.104. The largest absolute Gasteiger partial charge is 0.289 e. The third-order valence-corrected chi connectivity index (χ3v) is 4.01. The summed E-state index contributed by atoms with van der Waals surface area (Å²) in [6.07, 6.45) is 5.90. The number of ketones is 1. The fourth-order valence-electron chi connectivity index (χ4n) is 2.95. The number of allylic oxidation sites excluding steroid dienone is 1. The number of pyridine rings is 1. The van der Waals surface area contributed by atoms with E-state index in [1.165, 1.54) is 12.1 Å². The maximum Gasteiger partial charge on any atom is 0.189 e. The van der Waals surface area contributed by atoms with Gasteiger partial charge in [0.2, 0.25) is 0 Å². The third kappa shape index (κ3) is 2.02. The molecule has 2 nitrogen and oxygen atoms in total. The van der Waals surface area contributed by atoms with Crippen LogP contribution in [0, 0.1) is 5.82 Å². The predicted molar refractivity (Wildman–Crippen MR) is 84.2 cm³/mol. The second kappa shape index (κ2) is 4.88. The third-order valence-electron chi connectivity index (χ3n) is 4.01. The smallest absolute Gasteiger partial charge is 0.189 e. The molecule has 2 aromatic carbocycles. The van der Waals surface area contributed by atoms with Crippen molar-refractivity contribution in [1.82, 2.24) is 4.98 Å². The van der Waals surface area contributed by atoms with Gasteiger partial charge in [0.05, 0.1) is 0 Å². The van der Waals surface area contributed by atoms with E-state index in [-0.39, 0.29) is 11.6 Å². The van der Waals surface area contributed by atoms with Crippen molar-refractivity contribution in [3.05, 3.63) is 82.9 Å². The molecule has 0 radical (unpaired) electrons. The molecule has 0 spiro atoms. The molecule has 1 aliphatic carbocycles. The number of hydrogen-bond donors (Lipinski definition) is 0. The SMILES string of the molecule is O=C1/C(=C\c2cncc3ccccc23)Cc2cc(F)ccc21. The minimum atomic E-state index is -0.306. The van der Waals surface area contributed by atoms with Crippen LogP contribution in [0.1, 0.15) is 21.5 Å². The van der Waals surface area contributed by atoms with Gasteiger partial charge in [0.25, 0.3) is 0 Å². The molecule has 4 rings (SSSR count). The number of rotatable bonds is 1. The predicted octanol–water partition coefficient (Wildman–Crippen LogP) is 4.20. The summed E-state index contributed by atoms with van der Waals surface area (Å²) in [6, 6.07) is 12.3. The normalized spacial score (nSPS) is 15.5. The minimum Gasteiger partial charge on any atom is -0.289 e. The molecule has 106 valence electrons. The number of fused-ring (bicyclic) bond motifs is 2. The topological polar surface area (TPSA) is 30.0 Å². The molecular weight excluding hydrogens is 277 g/mol. The highest BCUT2D eigenvalue weighted by Gasteiger charge is 2.25. The zero-order chi connectivity index (χ0) is 15.1. The zero-order valence-electron chi connectivity index (χ0n) is 11.7. The van der Waals surface area contributed by atoms with Crippen molar-refractivity contribution < 1.29 is 9.18 Å². The standard InChI is InChI=1S/C19H12FNO/c20-16-5-6-18-13(9-16)7-14(19(18)22)8-15-11-21-10-12-3-1-2-4-17(12)15/h1-6,8-11H,7H2/b14-8-. The Bertz CT molecular complexity index is 938. The molecule has 1 aliphatic rings. The fraction of sp³-hybridized carbons (Fsp3) is 0.0526. The Morgan fingerprint density at radius 3 is 2.86 bits per heavy atom. The number of aromatic nitrogens is 1. The molecule has 0 bridgehead atoms. The second-order valence-corrected chi connectivity index (χ2v) is 5.43. The van der Waals surface area contributed by atoms with Crippen LogP contribution in [0.4, 0.5) is 4.39 Å². The Balaban J connectivity index is 1.82. The number of carbonyl (C=O) groups is 1. The average molecular weight is 289 g/mol. The average Bonchev–Trinajstić information content (AvgIpc) is 2.83. The molecule has 0 saturated carbocycles. The van der Waals surface area contributed by atoms with E-state index in [4.69, 9.17) is 0 Å². The molecule has 1 heterocycles. The summed E-state index contributed by atoms with van der Waals surface area (Å²) in [5.41, 5.74) is 2.94. The van der Waals surface area contributed by atoms with Crippen molar-refractivity contribution >= 4 is 22.6 Å². The fourth-order valence-corrected chi connectivity index (χ4v) is 2.95. The van der Waals surface area contributed by atoms with E-state index < -0.39 is 0 Å². The first-order chi connectivity index (χ1) is 10.7. The lowest BCUT2D eigenvalue weighted by atomic mass is 10.0. The van der Waals surface area contributed by atoms with Crippen molar-refractivity contribution in [2.45, 2.75) is 6.42 Å². The van der Waals surface area contributed by atoms with Gasteiger partial charge in [0.1, 0.15) is 5.82 Å². The molecule has 1 aromatic heterocycles. The number of Topliss-reactive ketones (excluding diaryl/α,β-unsaturated/α-hetero) is 1. The van der Waals surface area contributed by atoms with Gasteiger partial charge in [-0.15, -0.1) is 0 Å². The van der Waals surface area contributed by atoms with Gasteiger partial charge < -0.3 is 0 Å². The van der Waals surface area contributed by atoms with Gasteiger partial charge in [0, 0.05) is 40.9 Å². The maximum absolute atomic E-state index is 13.3. The van der Waals surface area contributed by atoms with Crippen molar-refractivity contribution in [2.75, 3.05) is 0 Å². The Morgan fingerprint density at radius 2 is 1.95 bits per heavy atom. The van der Waals surface area contributed by atoms with Crippen LogP contribution in [-0.2, 0) is 6.42 Å². The number of hydrogen-bond acceptors (Lipinski definition) is 2. The number of nitrogens with zero attached hydrogens (tertiary/aromatic N) is 1. The van der Waals surface area contributed by atoms with Crippen LogP contribution < -0.4 is 0 Å². The van der Waals surface area contributed by atoms with E-state index in [2.05, 4.69) is 4.98 Å². The van der Waals surface area contributed by atoms with Crippen LogP contribution in [0.3, 0.4) is 0 Å². The number of carbonyl (C=O) groups excluding carboxylic acids is 1. The van der Waals surface area contributed by atoms with Gasteiger partial charge in [0.15, 0.2) is 5.78 Å². The van der Waals surface area contributed by atoms with Gasteiger partial charge in [-0.05, 0) is 35.2 Å². The summed E-state index contributed by atoms with van der Waals surface area (Å²) in [4.78, 5) is 16.7. The van der Waals surface area contributed by atoms with Gasteiger partial charge in [-0.25, -0.2) is 4.39 Å². The summed E-state index contributed by atoms with van der Waals surface area (Å²) < 4.78 is 13.3. The van der Waals surface area contributed by atoms with Crippen LogP contribution in [0.2, 0.25) is 0 Å². The van der Waals surface area contributed by atoms with Crippen LogP contribution in [0.5, 0.6) is 0 Å². The molecule has 0 unspecified atom stereocenters. The molecule has 0 fully saturated rings. The number of halogens is 1. The van der Waals surface area contributed by atoms with Crippen LogP contribution in [-0.4, -0.2) is 10.8 Å². The zero-order valence-corrected chi connectivity index (χ0v) is 11.7. The molecule has 3 heteroatoms. The summed E-state index contributed by atoms with van der Waals surface area (Å²) >= 11 is 0. The Kier molecular flexibility index (Phi) is 2.86. The van der Waals surface area contributed by atoms with E-state index in [9.17, 15) is 9.18 Å². The highest BCUT2D eigenvalue weighted by Crippen LogP contribution is 2.29. The Hall–Kier alpha value is -2.81. The molecule has 22 heavy (non-hydrogen) atoms. The highest BCUT2D eigenvalue weighted by molar-refractivity contribution is 6.16. The van der Waals surface area contributed by atoms with Crippen molar-refractivity contribution in [3.8, 4) is 0 Å². The summed E-state index contributed by atoms with van der Waals surface area (Å²) in [6.45, 7) is 0. The molecular formula is C19H12FNO. The minimum absolute atomic E-state index is 0.0251. The summed E-state index contributed by atoms with van der Waals surface area (Å²) in [5, 5.41) is 2.09. The van der Waals surface area contributed by atoms with E-state index in [1.54, 1.807) is 18.5 Å². The van der Waals surface area contributed by atoms with E-state index >= 15 is 0 Å². The lowest BCUT2D eigenvalue weighted by Crippen LogP contribution is -1.95. The molecule has 0 N–H and O–H groups in total. The van der Waals surface area contributed by atoms with Crippen molar-refractivity contribution in [2.24, 2.45) is 0 Å². The monoisotopic (exact) mass is 289 g/mol. The summed E-state index contributed by atoms with van der Waals surface area (Å²) in [7, 11) is 0. The van der Waals surface area contributed by atoms with Gasteiger partial charge in [-0.1, -0.05) is 24.3 Å². The van der Waals surface area contributed by atoms with Crippen molar-refractivity contribution in [3.63, 3.8) is 0 Å².